The van der Waals surface area contributed by atoms with Crippen molar-refractivity contribution in [3.8, 4) is 0 Å². The number of pyridine rings is 1. The first-order valence-electron chi connectivity index (χ1n) is 7.86. The molecule has 1 aliphatic carbocycles. The van der Waals surface area contributed by atoms with Crippen molar-refractivity contribution in [2.75, 3.05) is 26.3 Å². The maximum absolute atomic E-state index is 12.4. The van der Waals surface area contributed by atoms with Gasteiger partial charge < -0.3 is 14.6 Å². The normalized spacial score (nSPS) is 20.5. The summed E-state index contributed by atoms with van der Waals surface area (Å²) in [7, 11) is 0. The molecule has 1 aromatic heterocycles. The summed E-state index contributed by atoms with van der Waals surface area (Å²) in [4.78, 5) is 29.2. The maximum atomic E-state index is 12.4. The van der Waals surface area contributed by atoms with Crippen LogP contribution in [0, 0.1) is 0 Å². The van der Waals surface area contributed by atoms with Crippen LogP contribution in [-0.4, -0.2) is 42.1 Å². The van der Waals surface area contributed by atoms with Crippen LogP contribution in [0.1, 0.15) is 54.1 Å². The van der Waals surface area contributed by atoms with Gasteiger partial charge in [-0.2, -0.15) is 0 Å². The van der Waals surface area contributed by atoms with Gasteiger partial charge in [-0.05, 0) is 30.9 Å². The number of nitrogens with one attached hydrogen (secondary N) is 1. The summed E-state index contributed by atoms with van der Waals surface area (Å²) in [6, 6.07) is 3.62. The van der Waals surface area contributed by atoms with Crippen LogP contribution >= 0.6 is 0 Å². The number of morpholine rings is 1. The van der Waals surface area contributed by atoms with Gasteiger partial charge in [0.25, 0.3) is 11.5 Å². The third kappa shape index (κ3) is 3.18. The van der Waals surface area contributed by atoms with Crippen molar-refractivity contribution < 1.29 is 9.53 Å². The number of H-pyrrole nitrogens is 1. The van der Waals surface area contributed by atoms with Crippen molar-refractivity contribution in [2.24, 2.45) is 0 Å². The van der Waals surface area contributed by atoms with E-state index in [4.69, 9.17) is 4.74 Å². The van der Waals surface area contributed by atoms with Crippen LogP contribution in [0.15, 0.2) is 16.9 Å². The zero-order chi connectivity index (χ0) is 14.7. The molecule has 2 aliphatic rings. The fraction of sp³-hybridized carbons (Fsp3) is 0.625. The predicted molar refractivity (Wildman–Crippen MR) is 79.6 cm³/mol. The highest BCUT2D eigenvalue weighted by Crippen LogP contribution is 2.30. The van der Waals surface area contributed by atoms with E-state index in [2.05, 4.69) is 4.98 Å². The van der Waals surface area contributed by atoms with Crippen LogP contribution in [0.5, 0.6) is 0 Å². The van der Waals surface area contributed by atoms with E-state index in [0.29, 0.717) is 32.2 Å². The van der Waals surface area contributed by atoms with Crippen LogP contribution in [0.4, 0.5) is 0 Å². The van der Waals surface area contributed by atoms with Crippen LogP contribution in [0.2, 0.25) is 0 Å². The predicted octanol–water partition coefficient (Wildman–Crippen LogP) is 1.89. The van der Waals surface area contributed by atoms with Crippen LogP contribution in [0.25, 0.3) is 0 Å². The topological polar surface area (TPSA) is 62.4 Å². The molecule has 0 bridgehead atoms. The number of carbonyl (C=O) groups is 1. The molecule has 5 heteroatoms. The van der Waals surface area contributed by atoms with Gasteiger partial charge in [0, 0.05) is 18.8 Å². The van der Waals surface area contributed by atoms with E-state index in [1.54, 1.807) is 11.0 Å². The van der Waals surface area contributed by atoms with E-state index >= 15 is 0 Å². The monoisotopic (exact) mass is 290 g/mol. The molecule has 2 fully saturated rings. The summed E-state index contributed by atoms with van der Waals surface area (Å²) >= 11 is 0. The van der Waals surface area contributed by atoms with Crippen LogP contribution < -0.4 is 5.56 Å². The van der Waals surface area contributed by atoms with Gasteiger partial charge in [-0.25, -0.2) is 0 Å². The zero-order valence-corrected chi connectivity index (χ0v) is 12.3. The number of nitrogens with zero attached hydrogens (tertiary/aromatic N) is 1. The number of hydrogen-bond donors (Lipinski definition) is 1. The fourth-order valence-corrected chi connectivity index (χ4v) is 3.25. The lowest BCUT2D eigenvalue weighted by Gasteiger charge is -2.27. The second-order valence-corrected chi connectivity index (χ2v) is 5.90. The molecule has 0 unspecified atom stereocenters. The maximum Gasteiger partial charge on any atom is 0.261 e. The van der Waals surface area contributed by atoms with E-state index < -0.39 is 0 Å². The number of aromatic nitrogens is 1. The summed E-state index contributed by atoms with van der Waals surface area (Å²) in [6.07, 6.45) is 6.00. The number of amides is 1. The Morgan fingerprint density at radius 3 is 2.52 bits per heavy atom. The summed E-state index contributed by atoms with van der Waals surface area (Å²) in [6.45, 7) is 2.21. The van der Waals surface area contributed by atoms with E-state index in [-0.39, 0.29) is 17.0 Å². The Morgan fingerprint density at radius 2 is 1.86 bits per heavy atom. The minimum absolute atomic E-state index is 0.185. The molecular formula is C16H22N2O3. The molecule has 0 atom stereocenters. The number of carbonyl (C=O) groups excluding carboxylic acids is 1. The molecule has 1 aliphatic heterocycles. The van der Waals surface area contributed by atoms with Gasteiger partial charge in [0.2, 0.25) is 0 Å². The molecule has 0 spiro atoms. The quantitative estimate of drug-likeness (QED) is 0.905. The van der Waals surface area contributed by atoms with Gasteiger partial charge in [-0.15, -0.1) is 0 Å². The Balaban J connectivity index is 1.77. The molecule has 5 nitrogen and oxygen atoms in total. The minimum atomic E-state index is -0.255. The Labute approximate surface area is 124 Å². The molecule has 1 saturated carbocycles. The molecule has 1 saturated heterocycles. The fourth-order valence-electron chi connectivity index (χ4n) is 3.25. The lowest BCUT2D eigenvalue weighted by atomic mass is 9.86. The van der Waals surface area contributed by atoms with Gasteiger partial charge >= 0.3 is 0 Å². The molecule has 3 rings (SSSR count). The van der Waals surface area contributed by atoms with Crippen LogP contribution in [-0.2, 0) is 4.74 Å². The summed E-state index contributed by atoms with van der Waals surface area (Å²) in [5.41, 5.74) is 0.976. The lowest BCUT2D eigenvalue weighted by Crippen LogP contribution is -2.42. The van der Waals surface area contributed by atoms with Crippen molar-refractivity contribution in [3.63, 3.8) is 0 Å². The van der Waals surface area contributed by atoms with E-state index in [0.717, 1.165) is 18.5 Å². The van der Waals surface area contributed by atoms with Crippen molar-refractivity contribution in [1.82, 2.24) is 9.88 Å². The first kappa shape index (κ1) is 14.3. The minimum Gasteiger partial charge on any atom is -0.378 e. The average Bonchev–Trinajstić information content (AvgIpc) is 2.56. The Hall–Kier alpha value is -1.62. The van der Waals surface area contributed by atoms with Crippen molar-refractivity contribution >= 4 is 5.91 Å². The summed E-state index contributed by atoms with van der Waals surface area (Å²) in [5.74, 6) is 0.258. The molecule has 0 radical (unpaired) electrons. The number of aromatic amines is 1. The summed E-state index contributed by atoms with van der Waals surface area (Å²) in [5, 5.41) is 0. The van der Waals surface area contributed by atoms with Gasteiger partial charge in [-0.3, -0.25) is 9.59 Å². The molecule has 1 N–H and O–H groups in total. The standard InChI is InChI=1S/C16H22N2O3/c19-15-13(16(20)18-8-10-21-11-9-18)6-7-14(17-15)12-4-2-1-3-5-12/h6-7,12H,1-5,8-11H2,(H,17,19). The van der Waals surface area contributed by atoms with Crippen molar-refractivity contribution in [3.05, 3.63) is 33.7 Å². The molecule has 2 heterocycles. The second-order valence-electron chi connectivity index (χ2n) is 5.90. The zero-order valence-electron chi connectivity index (χ0n) is 12.3. The average molecular weight is 290 g/mol. The molecule has 0 aromatic carbocycles. The molecular weight excluding hydrogens is 268 g/mol. The first-order valence-corrected chi connectivity index (χ1v) is 7.86. The van der Waals surface area contributed by atoms with Crippen molar-refractivity contribution in [2.45, 2.75) is 38.0 Å². The highest BCUT2D eigenvalue weighted by molar-refractivity contribution is 5.93. The molecule has 1 amide bonds. The highest BCUT2D eigenvalue weighted by atomic mass is 16.5. The van der Waals surface area contributed by atoms with Gasteiger partial charge in [0.1, 0.15) is 5.56 Å². The SMILES string of the molecule is O=C(c1ccc(C2CCCCC2)[nH]c1=O)N1CCOCC1. The van der Waals surface area contributed by atoms with Crippen LogP contribution in [0.3, 0.4) is 0 Å². The third-order valence-electron chi connectivity index (χ3n) is 4.51. The summed E-state index contributed by atoms with van der Waals surface area (Å²) < 4.78 is 5.23. The number of hydrogen-bond acceptors (Lipinski definition) is 3. The Bertz CT molecular complexity index is 555. The Kier molecular flexibility index (Phi) is 4.39. The number of rotatable bonds is 2. The van der Waals surface area contributed by atoms with E-state index in [1.165, 1.54) is 19.3 Å². The molecule has 1 aromatic rings. The van der Waals surface area contributed by atoms with Gasteiger partial charge in [0.05, 0.1) is 13.2 Å². The number of ether oxygens (including phenoxy) is 1. The van der Waals surface area contributed by atoms with E-state index in [9.17, 15) is 9.59 Å². The first-order chi connectivity index (χ1) is 10.3. The van der Waals surface area contributed by atoms with Gasteiger partial charge in [0.15, 0.2) is 0 Å². The highest BCUT2D eigenvalue weighted by Gasteiger charge is 2.22. The third-order valence-corrected chi connectivity index (χ3v) is 4.51. The second kappa shape index (κ2) is 6.43. The smallest absolute Gasteiger partial charge is 0.261 e. The lowest BCUT2D eigenvalue weighted by molar-refractivity contribution is 0.0301. The molecule has 114 valence electrons. The Morgan fingerprint density at radius 1 is 1.14 bits per heavy atom. The van der Waals surface area contributed by atoms with E-state index in [1.807, 2.05) is 6.07 Å². The van der Waals surface area contributed by atoms with Gasteiger partial charge in [-0.1, -0.05) is 19.3 Å². The van der Waals surface area contributed by atoms with Crippen molar-refractivity contribution in [1.29, 1.82) is 0 Å². The largest absolute Gasteiger partial charge is 0.378 e. The molecule has 21 heavy (non-hydrogen) atoms.